The Labute approximate surface area is 162 Å². The molecule has 1 heterocycles. The highest BCUT2D eigenvalue weighted by molar-refractivity contribution is 7.88. The molecule has 1 aliphatic carbocycles. The standard InChI is InChI=1S/C17H17F6NO4S/c1-9-13-7-10-3-4-11(28-29(26,27)17(21,22)23)8-12(10)15(9,2)5-6-24(13)14(25)16(18,19)20/h3-4,8-9,13H,5-7H2,1-2H3/t9-,13-,15-/m1/s1. The van der Waals surface area contributed by atoms with Gasteiger partial charge in [-0.1, -0.05) is 19.9 Å². The van der Waals surface area contributed by atoms with Crippen molar-refractivity contribution in [2.75, 3.05) is 6.54 Å². The molecule has 1 amide bonds. The second-order valence-corrected chi connectivity index (χ2v) is 9.06. The fourth-order valence-electron chi connectivity index (χ4n) is 4.24. The van der Waals surface area contributed by atoms with E-state index in [0.29, 0.717) is 11.1 Å². The molecule has 12 heteroatoms. The Morgan fingerprint density at radius 2 is 1.83 bits per heavy atom. The highest BCUT2D eigenvalue weighted by atomic mass is 32.2. The molecule has 1 aliphatic heterocycles. The molecule has 0 unspecified atom stereocenters. The van der Waals surface area contributed by atoms with Crippen LogP contribution in [0.1, 0.15) is 31.4 Å². The lowest BCUT2D eigenvalue weighted by atomic mass is 9.59. The molecule has 0 spiro atoms. The lowest BCUT2D eigenvalue weighted by Crippen LogP contribution is -2.61. The zero-order chi connectivity index (χ0) is 22.0. The van der Waals surface area contributed by atoms with Crippen LogP contribution in [-0.2, 0) is 26.7 Å². The number of hydrogen-bond donors (Lipinski definition) is 0. The van der Waals surface area contributed by atoms with Crippen molar-refractivity contribution in [3.63, 3.8) is 0 Å². The first-order valence-corrected chi connectivity index (χ1v) is 10.0. The van der Waals surface area contributed by atoms with Crippen LogP contribution in [0.3, 0.4) is 0 Å². The molecule has 1 fully saturated rings. The normalized spacial score (nSPS) is 27.4. The minimum atomic E-state index is -5.85. The van der Waals surface area contributed by atoms with Gasteiger partial charge in [-0.25, -0.2) is 0 Å². The SMILES string of the molecule is C[C@@H]1[C@H]2Cc3ccc(OS(=O)(=O)C(F)(F)F)cc3[C@]1(C)CCN2C(=O)C(F)(F)F. The Morgan fingerprint density at radius 1 is 1.21 bits per heavy atom. The van der Waals surface area contributed by atoms with E-state index in [1.54, 1.807) is 13.8 Å². The van der Waals surface area contributed by atoms with Crippen LogP contribution in [0.4, 0.5) is 26.3 Å². The number of amides is 1. The molecule has 0 radical (unpaired) electrons. The van der Waals surface area contributed by atoms with Crippen molar-refractivity contribution in [3.8, 4) is 5.75 Å². The van der Waals surface area contributed by atoms with Gasteiger partial charge in [0.15, 0.2) is 0 Å². The van der Waals surface area contributed by atoms with Crippen LogP contribution < -0.4 is 4.18 Å². The van der Waals surface area contributed by atoms with Gasteiger partial charge < -0.3 is 9.08 Å². The summed E-state index contributed by atoms with van der Waals surface area (Å²) in [5, 5.41) is 0. The molecule has 2 aliphatic rings. The van der Waals surface area contributed by atoms with Gasteiger partial charge in [-0.3, -0.25) is 4.79 Å². The largest absolute Gasteiger partial charge is 0.534 e. The van der Waals surface area contributed by atoms with E-state index >= 15 is 0 Å². The zero-order valence-electron chi connectivity index (χ0n) is 15.3. The van der Waals surface area contributed by atoms with Crippen molar-refractivity contribution in [2.45, 2.75) is 49.8 Å². The third kappa shape index (κ3) is 3.55. The molecule has 2 bridgehead atoms. The van der Waals surface area contributed by atoms with E-state index in [-0.39, 0.29) is 19.4 Å². The van der Waals surface area contributed by atoms with Gasteiger partial charge in [-0.05, 0) is 47.4 Å². The molecule has 162 valence electrons. The predicted octanol–water partition coefficient (Wildman–Crippen LogP) is 3.53. The van der Waals surface area contributed by atoms with E-state index in [1.165, 1.54) is 12.1 Å². The number of hydrogen-bond acceptors (Lipinski definition) is 4. The first-order chi connectivity index (χ1) is 13.1. The maximum absolute atomic E-state index is 12.9. The summed E-state index contributed by atoms with van der Waals surface area (Å²) in [5.41, 5.74) is -5.31. The highest BCUT2D eigenvalue weighted by Gasteiger charge is 2.54. The molecule has 29 heavy (non-hydrogen) atoms. The molecular formula is C17H17F6NO4S. The van der Waals surface area contributed by atoms with E-state index in [9.17, 15) is 39.6 Å². The third-order valence-electron chi connectivity index (χ3n) is 5.97. The molecule has 0 saturated carbocycles. The van der Waals surface area contributed by atoms with Gasteiger partial charge in [0.05, 0.1) is 0 Å². The topological polar surface area (TPSA) is 63.7 Å². The molecule has 1 aromatic carbocycles. The summed E-state index contributed by atoms with van der Waals surface area (Å²) in [6, 6.07) is 2.80. The van der Waals surface area contributed by atoms with Gasteiger partial charge in [0.1, 0.15) is 5.75 Å². The summed E-state index contributed by atoms with van der Waals surface area (Å²) in [7, 11) is -5.85. The van der Waals surface area contributed by atoms with Gasteiger partial charge in [0, 0.05) is 12.6 Å². The van der Waals surface area contributed by atoms with Crippen molar-refractivity contribution in [1.82, 2.24) is 4.90 Å². The van der Waals surface area contributed by atoms with E-state index in [0.717, 1.165) is 11.0 Å². The number of carbonyl (C=O) groups excluding carboxylic acids is 1. The maximum atomic E-state index is 12.9. The fraction of sp³-hybridized carbons (Fsp3) is 0.588. The number of rotatable bonds is 2. The highest BCUT2D eigenvalue weighted by Crippen LogP contribution is 2.50. The second kappa shape index (κ2) is 6.51. The number of carbonyl (C=O) groups is 1. The summed E-state index contributed by atoms with van der Waals surface area (Å²) in [5.74, 6) is -2.89. The summed E-state index contributed by atoms with van der Waals surface area (Å²) in [4.78, 5) is 12.6. The van der Waals surface area contributed by atoms with Crippen LogP contribution in [0.2, 0.25) is 0 Å². The number of nitrogens with zero attached hydrogens (tertiary/aromatic N) is 1. The molecule has 1 saturated heterocycles. The van der Waals surface area contributed by atoms with Crippen molar-refractivity contribution < 1.29 is 43.7 Å². The number of halogens is 6. The molecular weight excluding hydrogens is 428 g/mol. The number of likely N-dealkylation sites (tertiary alicyclic amines) is 1. The van der Waals surface area contributed by atoms with Gasteiger partial charge in [0.25, 0.3) is 0 Å². The van der Waals surface area contributed by atoms with Crippen LogP contribution in [-0.4, -0.2) is 43.5 Å². The van der Waals surface area contributed by atoms with Crippen molar-refractivity contribution in [1.29, 1.82) is 0 Å². The Balaban J connectivity index is 1.98. The van der Waals surface area contributed by atoms with Crippen LogP contribution >= 0.6 is 0 Å². The van der Waals surface area contributed by atoms with Crippen molar-refractivity contribution in [2.24, 2.45) is 5.92 Å². The molecule has 3 atom stereocenters. The molecule has 1 aromatic rings. The predicted molar refractivity (Wildman–Crippen MR) is 88.4 cm³/mol. The average molecular weight is 445 g/mol. The van der Waals surface area contributed by atoms with Gasteiger partial charge >= 0.3 is 27.7 Å². The number of piperidine rings is 1. The van der Waals surface area contributed by atoms with E-state index in [1.807, 2.05) is 0 Å². The monoisotopic (exact) mass is 445 g/mol. The number of alkyl halides is 6. The average Bonchev–Trinajstić information content (AvgIpc) is 2.56. The van der Waals surface area contributed by atoms with Crippen LogP contribution in [0.25, 0.3) is 0 Å². The lowest BCUT2D eigenvalue weighted by molar-refractivity contribution is -0.192. The van der Waals surface area contributed by atoms with Crippen molar-refractivity contribution >= 4 is 16.0 Å². The Kier molecular flexibility index (Phi) is 4.88. The smallest absolute Gasteiger partial charge is 0.376 e. The van der Waals surface area contributed by atoms with E-state index < -0.39 is 50.8 Å². The Morgan fingerprint density at radius 3 is 2.38 bits per heavy atom. The minimum absolute atomic E-state index is 0.0697. The summed E-state index contributed by atoms with van der Waals surface area (Å²) >= 11 is 0. The van der Waals surface area contributed by atoms with Crippen LogP contribution in [0.5, 0.6) is 5.75 Å². The second-order valence-electron chi connectivity index (χ2n) is 7.53. The summed E-state index contributed by atoms with van der Waals surface area (Å²) < 4.78 is 103. The van der Waals surface area contributed by atoms with Gasteiger partial charge in [-0.2, -0.15) is 34.8 Å². The molecule has 0 aromatic heterocycles. The van der Waals surface area contributed by atoms with Crippen molar-refractivity contribution in [3.05, 3.63) is 29.3 Å². The first-order valence-electron chi connectivity index (χ1n) is 8.60. The molecule has 5 nitrogen and oxygen atoms in total. The van der Waals surface area contributed by atoms with Crippen LogP contribution in [0, 0.1) is 5.92 Å². The number of fused-ring (bicyclic) bond motifs is 4. The third-order valence-corrected chi connectivity index (χ3v) is 6.95. The number of benzene rings is 1. The molecule has 0 N–H and O–H groups in total. The van der Waals surface area contributed by atoms with E-state index in [2.05, 4.69) is 4.18 Å². The fourth-order valence-corrected chi connectivity index (χ4v) is 4.69. The Bertz CT molecular complexity index is 942. The van der Waals surface area contributed by atoms with E-state index in [4.69, 9.17) is 0 Å². The van der Waals surface area contributed by atoms with Gasteiger partial charge in [0.2, 0.25) is 0 Å². The Hall–Kier alpha value is -1.98. The maximum Gasteiger partial charge on any atom is 0.534 e. The zero-order valence-corrected chi connectivity index (χ0v) is 16.1. The van der Waals surface area contributed by atoms with Crippen LogP contribution in [0.15, 0.2) is 18.2 Å². The lowest BCUT2D eigenvalue weighted by Gasteiger charge is -2.54. The summed E-state index contributed by atoms with van der Waals surface area (Å²) in [6.45, 7) is 3.23. The summed E-state index contributed by atoms with van der Waals surface area (Å²) in [6.07, 6.45) is -4.80. The first kappa shape index (κ1) is 21.7. The molecule has 3 rings (SSSR count). The quantitative estimate of drug-likeness (QED) is 0.397. The minimum Gasteiger partial charge on any atom is -0.376 e. The van der Waals surface area contributed by atoms with Gasteiger partial charge in [-0.15, -0.1) is 0 Å².